The molecule has 2 fully saturated rings. The van der Waals surface area contributed by atoms with Crippen LogP contribution in [-0.4, -0.2) is 68.6 Å². The zero-order valence-corrected chi connectivity index (χ0v) is 18.7. The second-order valence-corrected chi connectivity index (χ2v) is 10.6. The van der Waals surface area contributed by atoms with Crippen molar-refractivity contribution in [2.75, 3.05) is 33.0 Å². The van der Waals surface area contributed by atoms with Crippen LogP contribution >= 0.6 is 0 Å². The first-order chi connectivity index (χ1) is 14.4. The number of aromatic amines is 2. The number of nitrogens with one attached hydrogen (secondary N) is 2. The summed E-state index contributed by atoms with van der Waals surface area (Å²) in [7, 11) is -3.28. The van der Waals surface area contributed by atoms with E-state index in [2.05, 4.69) is 9.97 Å². The van der Waals surface area contributed by atoms with Gasteiger partial charge in [-0.05, 0) is 40.0 Å². The SMILES string of the molecule is CCO[Si](OCC)(OCC)C(CCn1c(=O)[nH]c(=O)[nH]c1=O)(CC1CO1)CC1CO1. The van der Waals surface area contributed by atoms with Gasteiger partial charge in [0.1, 0.15) is 0 Å². The highest BCUT2D eigenvalue weighted by molar-refractivity contribution is 6.64. The molecule has 2 saturated heterocycles. The molecular formula is C18H31N3O8Si. The van der Waals surface area contributed by atoms with E-state index in [-0.39, 0.29) is 18.8 Å². The maximum Gasteiger partial charge on any atom is 0.507 e. The summed E-state index contributed by atoms with van der Waals surface area (Å²) in [6.07, 6.45) is 1.71. The zero-order valence-electron chi connectivity index (χ0n) is 17.7. The molecule has 30 heavy (non-hydrogen) atoms. The van der Waals surface area contributed by atoms with Crippen molar-refractivity contribution in [1.82, 2.24) is 14.5 Å². The standard InChI is InChI=1S/C18H31N3O8Si/c1-4-27-30(28-5-2,29-6-3)18(9-13-11-25-13,10-14-12-26-14)7-8-21-16(23)19-15(22)20-17(21)24/h13-14H,4-12H2,1-3H3,(H2,19,20,22,23,24). The van der Waals surface area contributed by atoms with Gasteiger partial charge in [0, 0.05) is 31.4 Å². The summed E-state index contributed by atoms with van der Waals surface area (Å²) in [5.74, 6) is 0. The van der Waals surface area contributed by atoms with Crippen LogP contribution in [0.5, 0.6) is 0 Å². The van der Waals surface area contributed by atoms with Crippen molar-refractivity contribution >= 4 is 8.80 Å². The molecule has 1 aromatic heterocycles. The molecule has 0 spiro atoms. The molecule has 0 aromatic carbocycles. The summed E-state index contributed by atoms with van der Waals surface area (Å²) in [5, 5.41) is -0.612. The van der Waals surface area contributed by atoms with Gasteiger partial charge in [-0.25, -0.2) is 19.0 Å². The van der Waals surface area contributed by atoms with Gasteiger partial charge in [0.2, 0.25) is 0 Å². The molecular weight excluding hydrogens is 414 g/mol. The van der Waals surface area contributed by atoms with Gasteiger partial charge < -0.3 is 22.8 Å². The lowest BCUT2D eigenvalue weighted by molar-refractivity contribution is 0.0313. The number of epoxide rings is 2. The van der Waals surface area contributed by atoms with Crippen molar-refractivity contribution in [3.05, 3.63) is 31.5 Å². The number of hydrogen-bond acceptors (Lipinski definition) is 8. The Labute approximate surface area is 175 Å². The predicted molar refractivity (Wildman–Crippen MR) is 109 cm³/mol. The van der Waals surface area contributed by atoms with E-state index in [0.717, 1.165) is 4.57 Å². The summed E-state index contributed by atoms with van der Waals surface area (Å²) in [5.41, 5.74) is -2.33. The fourth-order valence-corrected chi connectivity index (χ4v) is 7.75. The normalized spacial score (nSPS) is 22.6. The first kappa shape index (κ1) is 23.1. The summed E-state index contributed by atoms with van der Waals surface area (Å²) < 4.78 is 30.8. The van der Waals surface area contributed by atoms with Gasteiger partial charge in [-0.3, -0.25) is 9.97 Å². The highest BCUT2D eigenvalue weighted by Crippen LogP contribution is 2.55. The minimum absolute atomic E-state index is 0.0441. The Kier molecular flexibility index (Phi) is 7.47. The van der Waals surface area contributed by atoms with Crippen molar-refractivity contribution < 1.29 is 22.8 Å². The zero-order chi connectivity index (χ0) is 21.8. The van der Waals surface area contributed by atoms with Crippen LogP contribution in [-0.2, 0) is 29.3 Å². The molecule has 0 bridgehead atoms. The van der Waals surface area contributed by atoms with Gasteiger partial charge in [-0.15, -0.1) is 0 Å². The quantitative estimate of drug-likeness (QED) is 0.301. The molecule has 2 N–H and O–H groups in total. The van der Waals surface area contributed by atoms with Crippen LogP contribution in [0.3, 0.4) is 0 Å². The molecule has 2 unspecified atom stereocenters. The lowest BCUT2D eigenvalue weighted by atomic mass is 9.92. The summed E-state index contributed by atoms with van der Waals surface area (Å²) in [6, 6.07) is 0. The number of hydrogen-bond donors (Lipinski definition) is 2. The molecule has 12 heteroatoms. The highest BCUT2D eigenvalue weighted by Gasteiger charge is 2.63. The van der Waals surface area contributed by atoms with E-state index in [1.54, 1.807) is 0 Å². The Hall–Kier alpha value is -1.57. The molecule has 0 saturated carbocycles. The lowest BCUT2D eigenvalue weighted by Crippen LogP contribution is -2.58. The summed E-state index contributed by atoms with van der Waals surface area (Å²) in [6.45, 7) is 8.25. The van der Waals surface area contributed by atoms with Crippen LogP contribution in [0, 0.1) is 0 Å². The van der Waals surface area contributed by atoms with Gasteiger partial charge >= 0.3 is 25.9 Å². The number of nitrogens with zero attached hydrogens (tertiary/aromatic N) is 1. The number of aromatic nitrogens is 3. The predicted octanol–water partition coefficient (Wildman–Crippen LogP) is -0.0184. The smallest absolute Gasteiger partial charge is 0.373 e. The molecule has 0 radical (unpaired) electrons. The van der Waals surface area contributed by atoms with E-state index >= 15 is 0 Å². The molecule has 3 rings (SSSR count). The third-order valence-corrected chi connectivity index (χ3v) is 9.40. The van der Waals surface area contributed by atoms with Crippen LogP contribution < -0.4 is 17.1 Å². The second kappa shape index (κ2) is 9.70. The fourth-order valence-electron chi connectivity index (χ4n) is 4.07. The van der Waals surface area contributed by atoms with Crippen molar-refractivity contribution in [2.45, 2.75) is 63.8 Å². The van der Waals surface area contributed by atoms with Crippen molar-refractivity contribution in [3.8, 4) is 0 Å². The van der Waals surface area contributed by atoms with E-state index in [1.807, 2.05) is 20.8 Å². The first-order valence-corrected chi connectivity index (χ1v) is 12.2. The number of H-pyrrole nitrogens is 2. The summed E-state index contributed by atoms with van der Waals surface area (Å²) in [4.78, 5) is 40.0. The molecule has 3 heterocycles. The van der Waals surface area contributed by atoms with E-state index in [9.17, 15) is 14.4 Å². The second-order valence-electron chi connectivity index (χ2n) is 7.55. The molecule has 2 aliphatic heterocycles. The average Bonchev–Trinajstić information content (AvgIpc) is 3.58. The first-order valence-electron chi connectivity index (χ1n) is 10.5. The van der Waals surface area contributed by atoms with Crippen LogP contribution in [0.4, 0.5) is 0 Å². The maximum absolute atomic E-state index is 12.2. The Morgan fingerprint density at radius 3 is 1.73 bits per heavy atom. The Balaban J connectivity index is 2.01. The minimum Gasteiger partial charge on any atom is -0.373 e. The number of ether oxygens (including phenoxy) is 2. The van der Waals surface area contributed by atoms with Gasteiger partial charge in [0.05, 0.1) is 25.4 Å². The molecule has 0 amide bonds. The van der Waals surface area contributed by atoms with Crippen LogP contribution in [0.2, 0.25) is 5.04 Å². The third kappa shape index (κ3) is 5.18. The van der Waals surface area contributed by atoms with Gasteiger partial charge in [-0.1, -0.05) is 0 Å². The molecule has 11 nitrogen and oxygen atoms in total. The Bertz CT molecular complexity index is 808. The Morgan fingerprint density at radius 2 is 1.37 bits per heavy atom. The van der Waals surface area contributed by atoms with Crippen molar-refractivity contribution in [2.24, 2.45) is 0 Å². The molecule has 2 atom stereocenters. The summed E-state index contributed by atoms with van der Waals surface area (Å²) >= 11 is 0. The molecule has 170 valence electrons. The van der Waals surface area contributed by atoms with Gasteiger partial charge in [0.25, 0.3) is 0 Å². The highest BCUT2D eigenvalue weighted by atomic mass is 28.4. The van der Waals surface area contributed by atoms with Crippen LogP contribution in [0.1, 0.15) is 40.0 Å². The topological polar surface area (TPSA) is 140 Å². The van der Waals surface area contributed by atoms with Crippen molar-refractivity contribution in [3.63, 3.8) is 0 Å². The maximum atomic E-state index is 12.2. The largest absolute Gasteiger partial charge is 0.507 e. The van der Waals surface area contributed by atoms with Crippen LogP contribution in [0.15, 0.2) is 14.4 Å². The van der Waals surface area contributed by atoms with E-state index in [1.165, 1.54) is 0 Å². The fraction of sp³-hybridized carbons (Fsp3) is 0.833. The third-order valence-electron chi connectivity index (χ3n) is 5.44. The van der Waals surface area contributed by atoms with E-state index in [0.29, 0.717) is 52.3 Å². The van der Waals surface area contributed by atoms with Gasteiger partial charge in [0.15, 0.2) is 0 Å². The van der Waals surface area contributed by atoms with Gasteiger partial charge in [-0.2, -0.15) is 0 Å². The monoisotopic (exact) mass is 445 g/mol. The molecule has 1 aromatic rings. The van der Waals surface area contributed by atoms with E-state index < -0.39 is 30.9 Å². The Morgan fingerprint density at radius 1 is 0.933 bits per heavy atom. The van der Waals surface area contributed by atoms with Crippen LogP contribution in [0.25, 0.3) is 0 Å². The molecule has 2 aliphatic rings. The molecule has 0 aliphatic carbocycles. The average molecular weight is 446 g/mol. The minimum atomic E-state index is -3.28. The van der Waals surface area contributed by atoms with E-state index in [4.69, 9.17) is 22.8 Å². The van der Waals surface area contributed by atoms with Crippen molar-refractivity contribution in [1.29, 1.82) is 0 Å². The lowest BCUT2D eigenvalue weighted by Gasteiger charge is -2.45. The number of rotatable bonds is 14.